The summed E-state index contributed by atoms with van der Waals surface area (Å²) in [7, 11) is 0. The first-order valence-electron chi connectivity index (χ1n) is 7.67. The van der Waals surface area contributed by atoms with Gasteiger partial charge in [0.05, 0.1) is 6.61 Å². The average molecular weight is 373 g/mol. The van der Waals surface area contributed by atoms with Crippen molar-refractivity contribution in [3.8, 4) is 5.75 Å². The molecule has 1 aromatic rings. The molecule has 0 amide bonds. The molecule has 0 bridgehead atoms. The number of hydrogen-bond acceptors (Lipinski definition) is 5. The predicted molar refractivity (Wildman–Crippen MR) is 96.1 cm³/mol. The van der Waals surface area contributed by atoms with Gasteiger partial charge in [-0.05, 0) is 37.1 Å². The second-order valence-corrected chi connectivity index (χ2v) is 5.84. The molecule has 25 heavy (non-hydrogen) atoms. The van der Waals surface area contributed by atoms with E-state index in [4.69, 9.17) is 31.5 Å². The van der Waals surface area contributed by atoms with Crippen LogP contribution in [0.4, 0.5) is 0 Å². The summed E-state index contributed by atoms with van der Waals surface area (Å²) in [5.74, 6) is 1.59. The van der Waals surface area contributed by atoms with E-state index in [2.05, 4.69) is 11.9 Å². The number of ether oxygens (including phenoxy) is 1. The Kier molecular flexibility index (Phi) is 12.5. The lowest BCUT2D eigenvalue weighted by atomic mass is 10.2. The molecule has 0 heterocycles. The van der Waals surface area contributed by atoms with Gasteiger partial charge in [0.15, 0.2) is 5.96 Å². The highest BCUT2D eigenvalue weighted by molar-refractivity contribution is 8.14. The van der Waals surface area contributed by atoms with Crippen molar-refractivity contribution in [1.82, 2.24) is 0 Å². The number of benzene rings is 1. The standard InChI is InChI=1S/C15H23N3O2S.H2NO3/c1-2-3-10-20-13-7-5-12(6-8-13)14(19)21-11-4-9-18-15(16)17;2-1(3)4/h5-8H,2-4,9-11H2,1H3,(H4,16,17,18);(H2,2,3,4)/q;+1. The lowest BCUT2D eigenvalue weighted by Gasteiger charge is -2.06. The van der Waals surface area contributed by atoms with Crippen molar-refractivity contribution in [3.63, 3.8) is 0 Å². The van der Waals surface area contributed by atoms with Crippen LogP contribution in [0, 0.1) is 4.91 Å². The summed E-state index contributed by atoms with van der Waals surface area (Å²) in [6, 6.07) is 7.27. The highest BCUT2D eigenvalue weighted by Gasteiger charge is 2.06. The minimum Gasteiger partial charge on any atom is -0.494 e. The van der Waals surface area contributed by atoms with E-state index in [9.17, 15) is 4.79 Å². The Bertz CT molecular complexity index is 543. The maximum Gasteiger partial charge on any atom is 0.472 e. The van der Waals surface area contributed by atoms with Crippen molar-refractivity contribution >= 4 is 22.8 Å². The van der Waals surface area contributed by atoms with Crippen molar-refractivity contribution in [2.75, 3.05) is 18.9 Å². The third-order valence-corrected chi connectivity index (χ3v) is 3.68. The normalized spacial score (nSPS) is 9.48. The van der Waals surface area contributed by atoms with Crippen molar-refractivity contribution in [2.45, 2.75) is 26.2 Å². The van der Waals surface area contributed by atoms with E-state index in [1.54, 1.807) is 12.1 Å². The first-order valence-corrected chi connectivity index (χ1v) is 8.65. The summed E-state index contributed by atoms with van der Waals surface area (Å²) < 4.78 is 5.56. The van der Waals surface area contributed by atoms with Crippen LogP contribution in [0.1, 0.15) is 36.5 Å². The largest absolute Gasteiger partial charge is 0.494 e. The summed E-state index contributed by atoms with van der Waals surface area (Å²) >= 11 is 1.28. The van der Waals surface area contributed by atoms with Crippen LogP contribution in [-0.4, -0.2) is 45.5 Å². The zero-order valence-electron chi connectivity index (χ0n) is 14.1. The maximum absolute atomic E-state index is 12.0. The number of nitrogens with zero attached hydrogens (tertiary/aromatic N) is 2. The van der Waals surface area contributed by atoms with E-state index in [1.165, 1.54) is 11.8 Å². The Balaban J connectivity index is 0.00000129. The number of aliphatic imine (C=N–C) groups is 1. The molecule has 0 unspecified atom stereocenters. The van der Waals surface area contributed by atoms with Crippen LogP contribution in [-0.2, 0) is 0 Å². The second-order valence-electron chi connectivity index (χ2n) is 4.78. The minimum absolute atomic E-state index is 0.0554. The fourth-order valence-electron chi connectivity index (χ4n) is 1.54. The number of hydrogen-bond donors (Lipinski definition) is 4. The fourth-order valence-corrected chi connectivity index (χ4v) is 2.30. The SMILES string of the molecule is CCCCOc1ccc(C(=O)SCCCN=C(N)N)cc1.O=[N+](O)O. The van der Waals surface area contributed by atoms with Crippen LogP contribution in [0.2, 0.25) is 0 Å². The average Bonchev–Trinajstić information content (AvgIpc) is 2.54. The van der Waals surface area contributed by atoms with Gasteiger partial charge in [-0.3, -0.25) is 9.79 Å². The van der Waals surface area contributed by atoms with Gasteiger partial charge in [0, 0.05) is 17.9 Å². The molecule has 1 aromatic carbocycles. The van der Waals surface area contributed by atoms with E-state index in [0.29, 0.717) is 24.5 Å². The first kappa shape index (κ1) is 22.5. The third kappa shape index (κ3) is 13.6. The first-order chi connectivity index (χ1) is 11.9. The molecular formula is C15H25N4O5S+. The van der Waals surface area contributed by atoms with Gasteiger partial charge in [-0.15, -0.1) is 0 Å². The van der Waals surface area contributed by atoms with Crippen molar-refractivity contribution in [1.29, 1.82) is 0 Å². The molecule has 0 aliphatic carbocycles. The molecule has 10 heteroatoms. The van der Waals surface area contributed by atoms with Crippen LogP contribution in [0.3, 0.4) is 0 Å². The molecule has 140 valence electrons. The van der Waals surface area contributed by atoms with Gasteiger partial charge in [-0.2, -0.15) is 0 Å². The Morgan fingerprint density at radius 3 is 2.36 bits per heavy atom. The third-order valence-electron chi connectivity index (χ3n) is 2.69. The van der Waals surface area contributed by atoms with Crippen LogP contribution in [0.15, 0.2) is 29.3 Å². The molecule has 0 fully saturated rings. The molecule has 0 aliphatic heterocycles. The van der Waals surface area contributed by atoms with Gasteiger partial charge in [-0.25, -0.2) is 10.4 Å². The summed E-state index contributed by atoms with van der Waals surface area (Å²) in [6.45, 7) is 3.38. The Hall–Kier alpha value is -2.49. The zero-order valence-corrected chi connectivity index (χ0v) is 14.9. The van der Waals surface area contributed by atoms with Gasteiger partial charge >= 0.3 is 5.09 Å². The summed E-state index contributed by atoms with van der Waals surface area (Å²) in [4.78, 5) is 24.3. The number of unbranched alkanes of at least 4 members (excludes halogenated alkanes) is 1. The number of rotatable bonds is 9. The van der Waals surface area contributed by atoms with Gasteiger partial charge in [0.2, 0.25) is 5.12 Å². The molecule has 0 aromatic heterocycles. The highest BCUT2D eigenvalue weighted by Crippen LogP contribution is 2.17. The molecule has 9 nitrogen and oxygen atoms in total. The topological polar surface area (TPSA) is 151 Å². The molecule has 1 rings (SSSR count). The van der Waals surface area contributed by atoms with Crippen LogP contribution >= 0.6 is 11.8 Å². The lowest BCUT2D eigenvalue weighted by molar-refractivity contribution is -0.969. The fraction of sp³-hybridized carbons (Fsp3) is 0.467. The van der Waals surface area contributed by atoms with Crippen LogP contribution in [0.5, 0.6) is 5.75 Å². The summed E-state index contributed by atoms with van der Waals surface area (Å²) in [6.07, 6.45) is 2.91. The second kappa shape index (κ2) is 13.9. The molecule has 0 radical (unpaired) electrons. The molecule has 0 atom stereocenters. The van der Waals surface area contributed by atoms with Crippen molar-refractivity contribution in [3.05, 3.63) is 34.7 Å². The predicted octanol–water partition coefficient (Wildman–Crippen LogP) is 1.95. The quantitative estimate of drug-likeness (QED) is 0.222. The van der Waals surface area contributed by atoms with E-state index in [-0.39, 0.29) is 11.1 Å². The molecule has 0 spiro atoms. The zero-order chi connectivity index (χ0) is 19.1. The van der Waals surface area contributed by atoms with Gasteiger partial charge in [0.25, 0.3) is 0 Å². The summed E-state index contributed by atoms with van der Waals surface area (Å²) in [5.41, 5.74) is 11.1. The molecule has 6 N–H and O–H groups in total. The highest BCUT2D eigenvalue weighted by atomic mass is 32.2. The Morgan fingerprint density at radius 2 is 1.84 bits per heavy atom. The van der Waals surface area contributed by atoms with Gasteiger partial charge in [-0.1, -0.05) is 25.1 Å². The van der Waals surface area contributed by atoms with Crippen molar-refractivity contribution < 1.29 is 25.0 Å². The molecule has 0 aliphatic rings. The number of nitrogens with two attached hydrogens (primary N) is 2. The number of thioether (sulfide) groups is 1. The number of carbonyl (C=O) groups excluding carboxylic acids is 1. The van der Waals surface area contributed by atoms with E-state index >= 15 is 0 Å². The molecular weight excluding hydrogens is 348 g/mol. The minimum atomic E-state index is -1.25. The Labute approximate surface area is 150 Å². The number of carbonyl (C=O) groups is 1. The molecule has 0 saturated heterocycles. The lowest BCUT2D eigenvalue weighted by Crippen LogP contribution is -2.23. The van der Waals surface area contributed by atoms with E-state index in [1.807, 2.05) is 12.1 Å². The smallest absolute Gasteiger partial charge is 0.472 e. The number of guanidine groups is 1. The molecule has 0 saturated carbocycles. The summed E-state index contributed by atoms with van der Waals surface area (Å²) in [5, 5.41) is 12.6. The van der Waals surface area contributed by atoms with Crippen LogP contribution in [0.25, 0.3) is 0 Å². The van der Waals surface area contributed by atoms with Crippen LogP contribution < -0.4 is 16.2 Å². The monoisotopic (exact) mass is 373 g/mol. The Morgan fingerprint density at radius 1 is 1.24 bits per heavy atom. The van der Waals surface area contributed by atoms with E-state index in [0.717, 1.165) is 25.0 Å². The van der Waals surface area contributed by atoms with Gasteiger partial charge in [0.1, 0.15) is 10.7 Å². The van der Waals surface area contributed by atoms with Gasteiger partial charge < -0.3 is 16.2 Å². The maximum atomic E-state index is 12.0. The van der Waals surface area contributed by atoms with Crippen molar-refractivity contribution in [2.24, 2.45) is 16.5 Å². The van der Waals surface area contributed by atoms with E-state index < -0.39 is 5.09 Å².